The molecule has 1 saturated heterocycles. The van der Waals surface area contributed by atoms with Crippen LogP contribution >= 0.6 is 0 Å². The quantitative estimate of drug-likeness (QED) is 0.728. The van der Waals surface area contributed by atoms with Gasteiger partial charge in [-0.2, -0.15) is 0 Å². The van der Waals surface area contributed by atoms with Crippen molar-refractivity contribution in [3.8, 4) is 5.75 Å². The van der Waals surface area contributed by atoms with Crippen LogP contribution in [0.5, 0.6) is 5.75 Å². The Labute approximate surface area is 120 Å². The summed E-state index contributed by atoms with van der Waals surface area (Å²) < 4.78 is 5.72. The second-order valence-electron chi connectivity index (χ2n) is 5.85. The van der Waals surface area contributed by atoms with E-state index < -0.39 is 0 Å². The van der Waals surface area contributed by atoms with Crippen LogP contribution in [-0.2, 0) is 6.54 Å². The molecular weight excluding hydrogens is 252 g/mol. The first kappa shape index (κ1) is 13.3. The molecule has 2 aliphatic heterocycles. The molecule has 2 amide bonds. The summed E-state index contributed by atoms with van der Waals surface area (Å²) >= 11 is 0. The smallest absolute Gasteiger partial charge is 0.320 e. The van der Waals surface area contributed by atoms with E-state index in [1.807, 2.05) is 34.1 Å². The molecule has 1 unspecified atom stereocenters. The number of ether oxygens (including phenoxy) is 1. The molecule has 2 heterocycles. The minimum atomic E-state index is 0.164. The zero-order valence-corrected chi connectivity index (χ0v) is 12.0. The largest absolute Gasteiger partial charge is 0.491 e. The summed E-state index contributed by atoms with van der Waals surface area (Å²) in [4.78, 5) is 16.6. The number of rotatable bonds is 0. The molecule has 1 aromatic carbocycles. The molecule has 0 bridgehead atoms. The van der Waals surface area contributed by atoms with E-state index in [1.165, 1.54) is 6.42 Å². The molecule has 1 atom stereocenters. The first-order valence-electron chi connectivity index (χ1n) is 7.48. The highest BCUT2D eigenvalue weighted by atomic mass is 16.5. The summed E-state index contributed by atoms with van der Waals surface area (Å²) in [6.45, 7) is 5.89. The lowest BCUT2D eigenvalue weighted by Crippen LogP contribution is -2.47. The lowest BCUT2D eigenvalue weighted by Gasteiger charge is -2.34. The van der Waals surface area contributed by atoms with Crippen LogP contribution in [0.2, 0.25) is 0 Å². The number of likely N-dealkylation sites (tertiary alicyclic amines) is 1. The molecule has 2 aliphatic rings. The number of benzene rings is 1. The van der Waals surface area contributed by atoms with Crippen LogP contribution in [0.1, 0.15) is 25.3 Å². The number of nitrogens with zero attached hydrogens (tertiary/aromatic N) is 2. The molecule has 0 N–H and O–H groups in total. The lowest BCUT2D eigenvalue weighted by atomic mass is 10.0. The maximum absolute atomic E-state index is 12.7. The Morgan fingerprint density at radius 2 is 2.10 bits per heavy atom. The van der Waals surface area contributed by atoms with Crippen molar-refractivity contribution in [1.29, 1.82) is 0 Å². The summed E-state index contributed by atoms with van der Waals surface area (Å²) in [5.74, 6) is 1.53. The standard InChI is InChI=1S/C16H22N2O2/c1-13-5-4-8-17(11-13)16(19)18-9-10-20-15-7-3-2-6-14(15)12-18/h2-3,6-7,13H,4-5,8-12H2,1H3. The highest BCUT2D eigenvalue weighted by Gasteiger charge is 2.27. The van der Waals surface area contributed by atoms with Crippen molar-refractivity contribution in [2.24, 2.45) is 5.92 Å². The van der Waals surface area contributed by atoms with Crippen molar-refractivity contribution in [3.63, 3.8) is 0 Å². The van der Waals surface area contributed by atoms with Crippen LogP contribution in [0.15, 0.2) is 24.3 Å². The predicted octanol–water partition coefficient (Wildman–Crippen LogP) is 2.73. The van der Waals surface area contributed by atoms with Gasteiger partial charge in [-0.05, 0) is 24.8 Å². The fourth-order valence-corrected chi connectivity index (χ4v) is 3.05. The summed E-state index contributed by atoms with van der Waals surface area (Å²) in [7, 11) is 0. The maximum Gasteiger partial charge on any atom is 0.320 e. The Hall–Kier alpha value is -1.71. The number of urea groups is 1. The summed E-state index contributed by atoms with van der Waals surface area (Å²) in [5, 5.41) is 0. The summed E-state index contributed by atoms with van der Waals surface area (Å²) in [5.41, 5.74) is 1.10. The molecule has 0 spiro atoms. The molecule has 4 heteroatoms. The van der Waals surface area contributed by atoms with Crippen molar-refractivity contribution >= 4 is 6.03 Å². The van der Waals surface area contributed by atoms with E-state index in [2.05, 4.69) is 6.92 Å². The van der Waals surface area contributed by atoms with Crippen LogP contribution < -0.4 is 4.74 Å². The van der Waals surface area contributed by atoms with E-state index in [-0.39, 0.29) is 6.03 Å². The first-order chi connectivity index (χ1) is 9.74. The third-order valence-electron chi connectivity index (χ3n) is 4.15. The molecule has 108 valence electrons. The molecule has 4 nitrogen and oxygen atoms in total. The zero-order valence-electron chi connectivity index (χ0n) is 12.0. The third kappa shape index (κ3) is 2.74. The van der Waals surface area contributed by atoms with Gasteiger partial charge in [-0.25, -0.2) is 4.79 Å². The van der Waals surface area contributed by atoms with Gasteiger partial charge in [0.1, 0.15) is 12.4 Å². The van der Waals surface area contributed by atoms with Crippen LogP contribution in [0.4, 0.5) is 4.79 Å². The van der Waals surface area contributed by atoms with E-state index in [1.54, 1.807) is 0 Å². The van der Waals surface area contributed by atoms with Crippen molar-refractivity contribution in [2.45, 2.75) is 26.3 Å². The second kappa shape index (κ2) is 5.73. The second-order valence-corrected chi connectivity index (χ2v) is 5.85. The van der Waals surface area contributed by atoms with E-state index in [9.17, 15) is 4.79 Å². The Morgan fingerprint density at radius 1 is 1.25 bits per heavy atom. The number of piperidine rings is 1. The van der Waals surface area contributed by atoms with Crippen molar-refractivity contribution < 1.29 is 9.53 Å². The number of carbonyl (C=O) groups is 1. The highest BCUT2D eigenvalue weighted by Crippen LogP contribution is 2.24. The Bertz CT molecular complexity index is 489. The SMILES string of the molecule is CC1CCCN(C(=O)N2CCOc3ccccc3C2)C1. The van der Waals surface area contributed by atoms with E-state index in [4.69, 9.17) is 4.74 Å². The van der Waals surface area contributed by atoms with E-state index in [0.29, 0.717) is 25.6 Å². The normalized spacial score (nSPS) is 22.8. The highest BCUT2D eigenvalue weighted by molar-refractivity contribution is 5.74. The van der Waals surface area contributed by atoms with Gasteiger partial charge in [-0.1, -0.05) is 25.1 Å². The van der Waals surface area contributed by atoms with E-state index in [0.717, 1.165) is 30.8 Å². The molecule has 0 aromatic heterocycles. The summed E-state index contributed by atoms with van der Waals surface area (Å²) in [6.07, 6.45) is 2.35. The molecule has 0 aliphatic carbocycles. The van der Waals surface area contributed by atoms with Gasteiger partial charge in [-0.3, -0.25) is 0 Å². The van der Waals surface area contributed by atoms with Gasteiger partial charge in [0.2, 0.25) is 0 Å². The summed E-state index contributed by atoms with van der Waals surface area (Å²) in [6, 6.07) is 8.16. The van der Waals surface area contributed by atoms with Crippen LogP contribution in [0.3, 0.4) is 0 Å². The van der Waals surface area contributed by atoms with E-state index >= 15 is 0 Å². The van der Waals surface area contributed by atoms with Crippen molar-refractivity contribution in [3.05, 3.63) is 29.8 Å². The fourth-order valence-electron chi connectivity index (χ4n) is 3.05. The number of amides is 2. The van der Waals surface area contributed by atoms with Gasteiger partial charge in [-0.15, -0.1) is 0 Å². The zero-order chi connectivity index (χ0) is 13.9. The predicted molar refractivity (Wildman–Crippen MR) is 77.7 cm³/mol. The minimum Gasteiger partial charge on any atom is -0.491 e. The van der Waals surface area contributed by atoms with Crippen molar-refractivity contribution in [1.82, 2.24) is 9.80 Å². The lowest BCUT2D eigenvalue weighted by molar-refractivity contribution is 0.125. The number of para-hydroxylation sites is 1. The average Bonchev–Trinajstić information content (AvgIpc) is 2.68. The maximum atomic E-state index is 12.7. The van der Waals surface area contributed by atoms with Gasteiger partial charge in [0.25, 0.3) is 0 Å². The topological polar surface area (TPSA) is 32.8 Å². The van der Waals surface area contributed by atoms with Crippen molar-refractivity contribution in [2.75, 3.05) is 26.2 Å². The van der Waals surface area contributed by atoms with Crippen LogP contribution in [0, 0.1) is 5.92 Å². The molecule has 1 aromatic rings. The molecular formula is C16H22N2O2. The first-order valence-corrected chi connectivity index (χ1v) is 7.48. The Balaban J connectivity index is 1.72. The monoisotopic (exact) mass is 274 g/mol. The molecule has 1 fully saturated rings. The third-order valence-corrected chi connectivity index (χ3v) is 4.15. The minimum absolute atomic E-state index is 0.164. The van der Waals surface area contributed by atoms with Gasteiger partial charge in [0.05, 0.1) is 13.1 Å². The van der Waals surface area contributed by atoms with Gasteiger partial charge < -0.3 is 14.5 Å². The molecule has 0 radical (unpaired) electrons. The average molecular weight is 274 g/mol. The molecule has 0 saturated carbocycles. The number of hydrogen-bond donors (Lipinski definition) is 0. The number of hydrogen-bond acceptors (Lipinski definition) is 2. The fraction of sp³-hybridized carbons (Fsp3) is 0.562. The Morgan fingerprint density at radius 3 is 2.95 bits per heavy atom. The molecule has 20 heavy (non-hydrogen) atoms. The number of fused-ring (bicyclic) bond motifs is 1. The van der Waals surface area contributed by atoms with Crippen LogP contribution in [-0.4, -0.2) is 42.1 Å². The van der Waals surface area contributed by atoms with Gasteiger partial charge in [0, 0.05) is 18.7 Å². The van der Waals surface area contributed by atoms with Crippen LogP contribution in [0.25, 0.3) is 0 Å². The molecule has 3 rings (SSSR count). The number of carbonyl (C=O) groups excluding carboxylic acids is 1. The van der Waals surface area contributed by atoms with Gasteiger partial charge >= 0.3 is 6.03 Å². The van der Waals surface area contributed by atoms with Gasteiger partial charge in [0.15, 0.2) is 0 Å². The Kier molecular flexibility index (Phi) is 3.81.